The van der Waals surface area contributed by atoms with Gasteiger partial charge in [-0.25, -0.2) is 0 Å². The van der Waals surface area contributed by atoms with E-state index in [0.29, 0.717) is 0 Å². The molecule has 0 bridgehead atoms. The summed E-state index contributed by atoms with van der Waals surface area (Å²) in [6.07, 6.45) is 0. The molecule has 0 amide bonds. The van der Waals surface area contributed by atoms with Gasteiger partial charge in [0.15, 0.2) is 0 Å². The number of anilines is 14. The van der Waals surface area contributed by atoms with Crippen LogP contribution in [0.3, 0.4) is 0 Å². The Labute approximate surface area is 763 Å². The Hall–Kier alpha value is -14.1. The van der Waals surface area contributed by atoms with Crippen molar-refractivity contribution in [2.45, 2.75) is 0 Å². The lowest BCUT2D eigenvalue weighted by Crippen LogP contribution is -2.09. The Bertz CT molecular complexity index is 6070. The zero-order chi connectivity index (χ0) is 85.1. The number of nitrogens with zero attached hydrogens (tertiary/aromatic N) is 3. The van der Waals surface area contributed by atoms with Crippen LogP contribution in [0, 0.1) is 0 Å². The smallest absolute Gasteiger partial charge is 0.0462 e. The average molecular weight is 1860 g/mol. The van der Waals surface area contributed by atoms with Crippen molar-refractivity contribution in [2.24, 2.45) is 0 Å². The van der Waals surface area contributed by atoms with E-state index in [0.717, 1.165) is 97.5 Å². The summed E-state index contributed by atoms with van der Waals surface area (Å²) in [6, 6.07) is 180. The first kappa shape index (κ1) is 86.3. The van der Waals surface area contributed by atoms with Crippen molar-refractivity contribution in [3.05, 3.63) is 540 Å². The van der Waals surface area contributed by atoms with Crippen LogP contribution in [0.4, 0.5) is 79.6 Å². The van der Waals surface area contributed by atoms with Gasteiger partial charge < -0.3 is 31.1 Å². The summed E-state index contributed by atoms with van der Waals surface area (Å²) in [5.41, 5.74) is 33.0. The fraction of sp³-hybridized carbons (Fsp3) is 0. The van der Waals surface area contributed by atoms with Crippen molar-refractivity contribution in [3.63, 3.8) is 0 Å². The summed E-state index contributed by atoms with van der Waals surface area (Å²) in [5.74, 6) is 0. The molecular formula is C114H90Br4N6. The lowest BCUT2D eigenvalue weighted by molar-refractivity contribution is 1.28. The Morgan fingerprint density at radius 2 is 0.266 bits per heavy atom. The molecule has 0 atom stereocenters. The molecule has 19 rings (SSSR count). The molecule has 0 aliphatic heterocycles. The molecule has 0 saturated carbocycles. The highest BCUT2D eigenvalue weighted by Crippen LogP contribution is 2.40. The Balaban J connectivity index is 0.000000128. The van der Waals surface area contributed by atoms with E-state index in [9.17, 15) is 0 Å². The zero-order valence-corrected chi connectivity index (χ0v) is 74.4. The maximum absolute atomic E-state index is 5.36. The number of nitrogens with two attached hydrogens (primary N) is 1. The van der Waals surface area contributed by atoms with Gasteiger partial charge in [0, 0.05) is 97.5 Å². The van der Waals surface area contributed by atoms with Crippen LogP contribution >= 0.6 is 63.7 Å². The third-order valence-corrected chi connectivity index (χ3v) is 22.1. The van der Waals surface area contributed by atoms with Gasteiger partial charge >= 0.3 is 0 Å². The Morgan fingerprint density at radius 1 is 0.137 bits per heavy atom. The van der Waals surface area contributed by atoms with E-state index in [1.165, 1.54) is 55.6 Å². The van der Waals surface area contributed by atoms with Gasteiger partial charge in [0.25, 0.3) is 0 Å². The molecule has 604 valence electrons. The Kier molecular flexibility index (Phi) is 31.7. The molecule has 0 aliphatic rings. The number of halogens is 4. The lowest BCUT2D eigenvalue weighted by Gasteiger charge is -2.25. The van der Waals surface area contributed by atoms with Gasteiger partial charge in [-0.2, -0.15) is 0 Å². The fourth-order valence-corrected chi connectivity index (χ4v) is 14.8. The second-order valence-electron chi connectivity index (χ2n) is 28.6. The van der Waals surface area contributed by atoms with E-state index in [1.807, 2.05) is 146 Å². The summed E-state index contributed by atoms with van der Waals surface area (Å²) < 4.78 is 4.41. The van der Waals surface area contributed by atoms with E-state index in [-0.39, 0.29) is 0 Å². The maximum atomic E-state index is 5.36. The highest BCUT2D eigenvalue weighted by molar-refractivity contribution is 9.11. The van der Waals surface area contributed by atoms with Crippen LogP contribution in [0.25, 0.3) is 55.6 Å². The van der Waals surface area contributed by atoms with Crippen molar-refractivity contribution in [1.29, 1.82) is 0 Å². The number of nitrogen functional groups attached to an aromatic ring is 1. The molecule has 4 N–H and O–H groups in total. The van der Waals surface area contributed by atoms with Crippen LogP contribution in [0.15, 0.2) is 540 Å². The molecule has 19 aromatic rings. The molecule has 0 aliphatic carbocycles. The molecule has 6 nitrogen and oxygen atoms in total. The van der Waals surface area contributed by atoms with Crippen LogP contribution < -0.4 is 31.1 Å². The minimum absolute atomic E-state index is 0.822. The molecule has 0 spiro atoms. The number of hydrogen-bond donors (Lipinski definition) is 3. The van der Waals surface area contributed by atoms with E-state index < -0.39 is 0 Å². The summed E-state index contributed by atoms with van der Waals surface area (Å²) in [4.78, 5) is 6.82. The topological polar surface area (TPSA) is 59.8 Å². The lowest BCUT2D eigenvalue weighted by atomic mass is 10.00. The highest BCUT2D eigenvalue weighted by Gasteiger charge is 2.16. The van der Waals surface area contributed by atoms with Crippen molar-refractivity contribution in [3.8, 4) is 55.6 Å². The van der Waals surface area contributed by atoms with E-state index >= 15 is 0 Å². The van der Waals surface area contributed by atoms with E-state index in [1.54, 1.807) is 0 Å². The molecule has 10 heteroatoms. The third kappa shape index (κ3) is 25.5. The number of benzene rings is 19. The van der Waals surface area contributed by atoms with E-state index in [4.69, 9.17) is 5.73 Å². The van der Waals surface area contributed by atoms with Gasteiger partial charge in [0.2, 0.25) is 0 Å². The Morgan fingerprint density at radius 3 is 0.435 bits per heavy atom. The number of nitrogens with one attached hydrogen (secondary N) is 2. The maximum Gasteiger partial charge on any atom is 0.0462 e. The summed E-state index contributed by atoms with van der Waals surface area (Å²) in [6.45, 7) is 0. The molecule has 0 fully saturated rings. The summed E-state index contributed by atoms with van der Waals surface area (Å²) in [7, 11) is 0. The van der Waals surface area contributed by atoms with Crippen molar-refractivity contribution in [2.75, 3.05) is 31.1 Å². The van der Waals surface area contributed by atoms with Crippen LogP contribution in [-0.2, 0) is 0 Å². The summed E-state index contributed by atoms with van der Waals surface area (Å²) in [5, 5.41) is 6.74. The van der Waals surface area contributed by atoms with Gasteiger partial charge in [-0.3, -0.25) is 0 Å². The van der Waals surface area contributed by atoms with Crippen molar-refractivity contribution in [1.82, 2.24) is 0 Å². The van der Waals surface area contributed by atoms with E-state index in [2.05, 4.69) is 465 Å². The average Bonchev–Trinajstić information content (AvgIpc) is 0.800. The number of para-hydroxylation sites is 10. The van der Waals surface area contributed by atoms with Crippen molar-refractivity contribution >= 4 is 143 Å². The first-order valence-corrected chi connectivity index (χ1v) is 44.0. The molecule has 124 heavy (non-hydrogen) atoms. The van der Waals surface area contributed by atoms with Gasteiger partial charge in [0.05, 0.1) is 0 Å². The first-order valence-electron chi connectivity index (χ1n) is 40.8. The number of rotatable bonds is 18. The molecule has 0 saturated heterocycles. The zero-order valence-electron chi connectivity index (χ0n) is 68.1. The van der Waals surface area contributed by atoms with Crippen LogP contribution in [0.2, 0.25) is 0 Å². The first-order chi connectivity index (χ1) is 61.0. The predicted molar refractivity (Wildman–Crippen MR) is 545 cm³/mol. The second-order valence-corrected chi connectivity index (χ2v) is 32.3. The second kappa shape index (κ2) is 45.5. The minimum Gasteiger partial charge on any atom is -0.399 e. The molecule has 0 heterocycles. The minimum atomic E-state index is 0.822. The quantitative estimate of drug-likeness (QED) is 0.0745. The van der Waals surface area contributed by atoms with Gasteiger partial charge in [-0.1, -0.05) is 367 Å². The van der Waals surface area contributed by atoms with Crippen LogP contribution in [0.1, 0.15) is 0 Å². The van der Waals surface area contributed by atoms with Gasteiger partial charge in [-0.15, -0.1) is 0 Å². The molecular weight excluding hydrogens is 1770 g/mol. The standard InChI is InChI=1S/C30H22BrN.C30H24N2.C24H18BrN.C12H8Br2.C12H11N.C6H7N/c31-27-19-15-25(16-20-27)23-11-13-24(14-12-23)26-17-21-30(22-18-26)32(28-7-3-1-4-8-28)29-9-5-2-6-10-29;1-4-10-26(11-5-1)31-27-20-16-24(17-21-27)25-18-22-30(23-19-25)32(28-12-6-2-7-13-28)29-14-8-3-9-15-29;25-21-15-11-19(12-16-21)20-13-17-24(18-14-20)26(22-7-3-1-4-8-22)23-9-5-2-6-10-23;13-11-5-1-9(2-6-11)10-3-7-12(14)8-4-10;1-3-7-11(8-4-1)13-12-9-5-2-6-10-12;7-6-4-2-1-3-5-6/h1-22H;1-23,31H;1-18H;1-8H;1-10,13H;1-5H,7H2. The molecule has 0 unspecified atom stereocenters. The number of hydrogen-bond acceptors (Lipinski definition) is 6. The van der Waals surface area contributed by atoms with Crippen LogP contribution in [-0.4, -0.2) is 0 Å². The SMILES string of the molecule is Brc1ccc(-c2ccc(-c3ccc(N(c4ccccc4)c4ccccc4)cc3)cc2)cc1.Brc1ccc(-c2ccc(Br)cc2)cc1.Brc1ccc(-c2ccc(N(c3ccccc3)c3ccccc3)cc2)cc1.Nc1ccccc1.c1ccc(Nc2ccc(-c3ccc(N(c4ccccc4)c4ccccc4)cc3)cc2)cc1.c1ccc(Nc2ccccc2)cc1. The van der Waals surface area contributed by atoms with Crippen LogP contribution in [0.5, 0.6) is 0 Å². The summed E-state index contributed by atoms with van der Waals surface area (Å²) >= 11 is 13.8. The third-order valence-electron chi connectivity index (χ3n) is 20.0. The largest absolute Gasteiger partial charge is 0.399 e. The normalized spacial score (nSPS) is 10.3. The molecule has 0 radical (unpaired) electrons. The van der Waals surface area contributed by atoms with Crippen molar-refractivity contribution < 1.29 is 0 Å². The highest BCUT2D eigenvalue weighted by atomic mass is 79.9. The van der Waals surface area contributed by atoms with Gasteiger partial charge in [0.1, 0.15) is 0 Å². The van der Waals surface area contributed by atoms with Gasteiger partial charge in [-0.05, 0) is 274 Å². The predicted octanol–water partition coefficient (Wildman–Crippen LogP) is 35.0. The monoisotopic (exact) mass is 1860 g/mol. The fourth-order valence-electron chi connectivity index (χ4n) is 13.7. The molecule has 0 aromatic heterocycles. The molecule has 19 aromatic carbocycles.